The summed E-state index contributed by atoms with van der Waals surface area (Å²) in [5, 5.41) is 0.191. The van der Waals surface area contributed by atoms with Gasteiger partial charge in [-0.25, -0.2) is 0 Å². The molecule has 2 aromatic carbocycles. The standard InChI is InChI=1S/C19H16Cl2F2O4/c1-10(2)17(11-3-5-12(20)6-4-11)18(24)27-19(22,23)13-7-15-16(8-14(13)21)26-9-25-15/h3-8,10,17H,9H2,1-2H3. The van der Waals surface area contributed by atoms with Crippen LogP contribution in [0.25, 0.3) is 0 Å². The summed E-state index contributed by atoms with van der Waals surface area (Å²) in [5.74, 6) is -1.86. The minimum atomic E-state index is -3.94. The van der Waals surface area contributed by atoms with Gasteiger partial charge in [0, 0.05) is 11.1 Å². The number of benzene rings is 2. The second-order valence-electron chi connectivity index (χ2n) is 6.40. The van der Waals surface area contributed by atoms with Crippen molar-refractivity contribution in [1.29, 1.82) is 0 Å². The maximum absolute atomic E-state index is 14.7. The van der Waals surface area contributed by atoms with Crippen LogP contribution in [-0.2, 0) is 15.6 Å². The minimum Gasteiger partial charge on any atom is -0.454 e. The summed E-state index contributed by atoms with van der Waals surface area (Å²) in [6.07, 6.45) is -3.94. The molecule has 8 heteroatoms. The molecule has 3 rings (SSSR count). The number of ether oxygens (including phenoxy) is 3. The third-order valence-corrected chi connectivity index (χ3v) is 4.72. The van der Waals surface area contributed by atoms with Crippen molar-refractivity contribution in [3.8, 4) is 11.5 Å². The first-order valence-electron chi connectivity index (χ1n) is 8.15. The Morgan fingerprint density at radius 3 is 2.30 bits per heavy atom. The highest BCUT2D eigenvalue weighted by Gasteiger charge is 2.42. The molecule has 1 aliphatic rings. The first-order valence-corrected chi connectivity index (χ1v) is 8.90. The van der Waals surface area contributed by atoms with E-state index in [1.54, 1.807) is 38.1 Å². The van der Waals surface area contributed by atoms with E-state index in [1.807, 2.05) is 0 Å². The van der Waals surface area contributed by atoms with Gasteiger partial charge in [-0.05, 0) is 29.7 Å². The van der Waals surface area contributed by atoms with Gasteiger partial charge in [0.15, 0.2) is 11.5 Å². The number of alkyl halides is 2. The molecule has 0 bridgehead atoms. The number of esters is 1. The van der Waals surface area contributed by atoms with E-state index in [0.29, 0.717) is 10.6 Å². The molecule has 1 unspecified atom stereocenters. The molecular formula is C19H16Cl2F2O4. The van der Waals surface area contributed by atoms with Crippen molar-refractivity contribution >= 4 is 29.2 Å². The lowest BCUT2D eigenvalue weighted by Gasteiger charge is -2.24. The van der Waals surface area contributed by atoms with E-state index in [1.165, 1.54) is 6.07 Å². The van der Waals surface area contributed by atoms with Crippen molar-refractivity contribution in [2.75, 3.05) is 6.79 Å². The molecule has 0 aliphatic carbocycles. The van der Waals surface area contributed by atoms with Crippen LogP contribution in [0.15, 0.2) is 36.4 Å². The highest BCUT2D eigenvalue weighted by atomic mass is 35.5. The molecule has 4 nitrogen and oxygen atoms in total. The summed E-state index contributed by atoms with van der Waals surface area (Å²) >= 11 is 11.8. The van der Waals surface area contributed by atoms with Gasteiger partial charge in [-0.15, -0.1) is 0 Å². The number of carbonyl (C=O) groups is 1. The predicted octanol–water partition coefficient (Wildman–Crippen LogP) is 5.75. The number of hydrogen-bond donors (Lipinski definition) is 0. The van der Waals surface area contributed by atoms with Gasteiger partial charge < -0.3 is 14.2 Å². The van der Waals surface area contributed by atoms with Crippen LogP contribution in [0.4, 0.5) is 8.78 Å². The van der Waals surface area contributed by atoms with E-state index >= 15 is 0 Å². The van der Waals surface area contributed by atoms with Crippen molar-refractivity contribution in [1.82, 2.24) is 0 Å². The fourth-order valence-corrected chi connectivity index (χ4v) is 3.24. The van der Waals surface area contributed by atoms with E-state index in [0.717, 1.165) is 6.07 Å². The summed E-state index contributed by atoms with van der Waals surface area (Å²) in [4.78, 5) is 12.6. The molecule has 1 aliphatic heterocycles. The average molecular weight is 417 g/mol. The Kier molecular flexibility index (Phi) is 5.49. The van der Waals surface area contributed by atoms with Gasteiger partial charge in [-0.3, -0.25) is 4.79 Å². The van der Waals surface area contributed by atoms with E-state index in [-0.39, 0.29) is 29.2 Å². The van der Waals surface area contributed by atoms with Gasteiger partial charge in [-0.1, -0.05) is 49.2 Å². The smallest absolute Gasteiger partial charge is 0.430 e. The third-order valence-electron chi connectivity index (χ3n) is 4.15. The molecule has 0 saturated heterocycles. The van der Waals surface area contributed by atoms with Crippen molar-refractivity contribution < 1.29 is 27.8 Å². The molecule has 0 aromatic heterocycles. The maximum atomic E-state index is 14.7. The molecule has 0 radical (unpaired) electrons. The van der Waals surface area contributed by atoms with Crippen LogP contribution in [0.2, 0.25) is 10.0 Å². The Hall–Kier alpha value is -2.05. The summed E-state index contributed by atoms with van der Waals surface area (Å²) in [6.45, 7) is 3.39. The molecular weight excluding hydrogens is 401 g/mol. The number of rotatable bonds is 5. The fraction of sp³-hybridized carbons (Fsp3) is 0.316. The zero-order chi connectivity index (χ0) is 19.8. The molecule has 0 N–H and O–H groups in total. The SMILES string of the molecule is CC(C)C(C(=O)OC(F)(F)c1cc2c(cc1Cl)OCO2)c1ccc(Cl)cc1. The van der Waals surface area contributed by atoms with Crippen LogP contribution in [0.1, 0.15) is 30.9 Å². The van der Waals surface area contributed by atoms with Gasteiger partial charge in [0.1, 0.15) is 0 Å². The molecule has 144 valence electrons. The van der Waals surface area contributed by atoms with E-state index in [9.17, 15) is 13.6 Å². The van der Waals surface area contributed by atoms with Crippen LogP contribution in [0, 0.1) is 5.92 Å². The highest BCUT2D eigenvalue weighted by Crippen LogP contribution is 2.44. The van der Waals surface area contributed by atoms with E-state index in [2.05, 4.69) is 4.74 Å². The highest BCUT2D eigenvalue weighted by molar-refractivity contribution is 6.31. The number of halogens is 4. The van der Waals surface area contributed by atoms with Crippen LogP contribution in [0.3, 0.4) is 0 Å². The summed E-state index contributed by atoms with van der Waals surface area (Å²) in [5.41, 5.74) is -0.132. The van der Waals surface area contributed by atoms with Crippen LogP contribution in [0.5, 0.6) is 11.5 Å². The molecule has 1 heterocycles. The van der Waals surface area contributed by atoms with Crippen LogP contribution in [-0.4, -0.2) is 12.8 Å². The zero-order valence-corrected chi connectivity index (χ0v) is 16.0. The maximum Gasteiger partial charge on any atom is 0.430 e. The Morgan fingerprint density at radius 1 is 1.11 bits per heavy atom. The van der Waals surface area contributed by atoms with Gasteiger partial charge >= 0.3 is 12.1 Å². The monoisotopic (exact) mass is 416 g/mol. The molecule has 2 aromatic rings. The summed E-state index contributed by atoms with van der Waals surface area (Å²) in [7, 11) is 0. The van der Waals surface area contributed by atoms with Crippen molar-refractivity contribution in [2.45, 2.75) is 25.9 Å². The second-order valence-corrected chi connectivity index (χ2v) is 7.24. The minimum absolute atomic E-state index is 0.0908. The first kappa shape index (κ1) is 19.7. The summed E-state index contributed by atoms with van der Waals surface area (Å²) < 4.78 is 44.2. The topological polar surface area (TPSA) is 44.8 Å². The Bertz CT molecular complexity index is 854. The predicted molar refractivity (Wildman–Crippen MR) is 96.6 cm³/mol. The molecule has 0 saturated carbocycles. The van der Waals surface area contributed by atoms with Gasteiger partial charge in [0.25, 0.3) is 0 Å². The molecule has 0 spiro atoms. The quantitative estimate of drug-likeness (QED) is 0.581. The largest absolute Gasteiger partial charge is 0.454 e. The number of fused-ring (bicyclic) bond motifs is 1. The number of hydrogen-bond acceptors (Lipinski definition) is 4. The van der Waals surface area contributed by atoms with Crippen LogP contribution < -0.4 is 9.47 Å². The first-order chi connectivity index (χ1) is 12.7. The van der Waals surface area contributed by atoms with Gasteiger partial charge in [-0.2, -0.15) is 8.78 Å². The van der Waals surface area contributed by atoms with E-state index < -0.39 is 23.6 Å². The Labute approximate surface area is 164 Å². The lowest BCUT2D eigenvalue weighted by Crippen LogP contribution is -2.29. The lowest BCUT2D eigenvalue weighted by atomic mass is 9.88. The van der Waals surface area contributed by atoms with Crippen molar-refractivity contribution in [2.24, 2.45) is 5.92 Å². The average Bonchev–Trinajstić information content (AvgIpc) is 3.02. The van der Waals surface area contributed by atoms with Crippen LogP contribution >= 0.6 is 23.2 Å². The Balaban J connectivity index is 1.87. The normalized spacial score (nSPS) is 14.3. The zero-order valence-electron chi connectivity index (χ0n) is 14.5. The number of carbonyl (C=O) groups excluding carboxylic acids is 1. The van der Waals surface area contributed by atoms with E-state index in [4.69, 9.17) is 32.7 Å². The van der Waals surface area contributed by atoms with Gasteiger partial charge in [0.05, 0.1) is 16.5 Å². The van der Waals surface area contributed by atoms with Gasteiger partial charge in [0.2, 0.25) is 6.79 Å². The fourth-order valence-electron chi connectivity index (χ4n) is 2.85. The molecule has 0 amide bonds. The molecule has 27 heavy (non-hydrogen) atoms. The van der Waals surface area contributed by atoms with Crippen molar-refractivity contribution in [3.63, 3.8) is 0 Å². The summed E-state index contributed by atoms with van der Waals surface area (Å²) in [6, 6.07) is 8.63. The van der Waals surface area contributed by atoms with Crippen molar-refractivity contribution in [3.05, 3.63) is 57.6 Å². The lowest BCUT2D eigenvalue weighted by molar-refractivity contribution is -0.242. The second kappa shape index (κ2) is 7.52. The third kappa shape index (κ3) is 4.12. The molecule has 1 atom stereocenters. The Morgan fingerprint density at radius 2 is 1.70 bits per heavy atom. The molecule has 0 fully saturated rings.